The molecule has 1 N–H and O–H groups in total. The first-order chi connectivity index (χ1) is 12.0. The summed E-state index contributed by atoms with van der Waals surface area (Å²) in [5.74, 6) is -2.96. The number of hydrogen-bond donors (Lipinski definition) is 1. The minimum Gasteiger partial charge on any atom is -0.324 e. The van der Waals surface area contributed by atoms with Gasteiger partial charge in [0.15, 0.2) is 11.6 Å². The predicted octanol–water partition coefficient (Wildman–Crippen LogP) is 3.72. The summed E-state index contributed by atoms with van der Waals surface area (Å²) in [4.78, 5) is 12.5. The van der Waals surface area contributed by atoms with E-state index in [1.807, 2.05) is 0 Å². The molecule has 0 radical (unpaired) electrons. The first-order valence-electron chi connectivity index (χ1n) is 7.52. The van der Waals surface area contributed by atoms with E-state index in [9.17, 15) is 22.0 Å². The molecule has 5 nitrogen and oxygen atoms in total. The van der Waals surface area contributed by atoms with Gasteiger partial charge in [0.1, 0.15) is 6.04 Å². The predicted molar refractivity (Wildman–Crippen MR) is 98.0 cm³/mol. The van der Waals surface area contributed by atoms with E-state index in [0.29, 0.717) is 16.3 Å². The summed E-state index contributed by atoms with van der Waals surface area (Å²) in [6, 6.07) is 6.24. The van der Waals surface area contributed by atoms with Gasteiger partial charge >= 0.3 is 0 Å². The third-order valence-electron chi connectivity index (χ3n) is 3.69. The quantitative estimate of drug-likeness (QED) is 0.828. The zero-order chi connectivity index (χ0) is 19.6. The van der Waals surface area contributed by atoms with Crippen LogP contribution in [0.15, 0.2) is 36.4 Å². The van der Waals surface area contributed by atoms with Crippen LogP contribution in [0.4, 0.5) is 20.2 Å². The molecular weight excluding hydrogens is 386 g/mol. The molecule has 2 rings (SSSR count). The van der Waals surface area contributed by atoms with Crippen LogP contribution in [0.1, 0.15) is 12.5 Å². The molecule has 9 heteroatoms. The van der Waals surface area contributed by atoms with Crippen molar-refractivity contribution in [2.45, 2.75) is 19.9 Å². The molecule has 0 bridgehead atoms. The van der Waals surface area contributed by atoms with Crippen molar-refractivity contribution in [3.63, 3.8) is 0 Å². The van der Waals surface area contributed by atoms with Crippen molar-refractivity contribution < 1.29 is 22.0 Å². The van der Waals surface area contributed by atoms with Crippen molar-refractivity contribution >= 4 is 38.9 Å². The molecule has 0 aliphatic carbocycles. The molecule has 1 amide bonds. The Labute approximate surface area is 155 Å². The fourth-order valence-corrected chi connectivity index (χ4v) is 3.83. The minimum absolute atomic E-state index is 0.151. The smallest absolute Gasteiger partial charge is 0.248 e. The van der Waals surface area contributed by atoms with E-state index < -0.39 is 33.6 Å². The average molecular weight is 403 g/mol. The molecule has 0 aromatic heterocycles. The highest BCUT2D eigenvalue weighted by Gasteiger charge is 2.30. The van der Waals surface area contributed by atoms with Gasteiger partial charge in [-0.25, -0.2) is 17.2 Å². The number of carbonyl (C=O) groups excluding carboxylic acids is 1. The normalized spacial score (nSPS) is 12.5. The first kappa shape index (κ1) is 20.1. The van der Waals surface area contributed by atoms with Gasteiger partial charge in [-0.2, -0.15) is 0 Å². The maximum Gasteiger partial charge on any atom is 0.248 e. The van der Waals surface area contributed by atoms with Crippen LogP contribution in [0.2, 0.25) is 5.02 Å². The Bertz CT molecular complexity index is 951. The molecule has 0 saturated carbocycles. The Morgan fingerprint density at radius 3 is 2.35 bits per heavy atom. The second kappa shape index (κ2) is 7.59. The minimum atomic E-state index is -3.94. The summed E-state index contributed by atoms with van der Waals surface area (Å²) in [5.41, 5.74) is 1.00. The largest absolute Gasteiger partial charge is 0.324 e. The van der Waals surface area contributed by atoms with Gasteiger partial charge in [0.2, 0.25) is 15.9 Å². The molecule has 0 aliphatic rings. The van der Waals surface area contributed by atoms with Gasteiger partial charge < -0.3 is 5.32 Å². The van der Waals surface area contributed by atoms with Gasteiger partial charge in [-0.15, -0.1) is 0 Å². The standard InChI is InChI=1S/C17H17ClF2N2O3S/c1-10-8-12(18)4-7-16(10)21-17(23)11(2)22(26(3,24)25)13-5-6-14(19)15(20)9-13/h4-9,11H,1-3H3,(H,21,23)/t11-/m1/s1. The maximum atomic E-state index is 13.5. The van der Waals surface area contributed by atoms with Crippen molar-refractivity contribution in [2.24, 2.45) is 0 Å². The van der Waals surface area contributed by atoms with E-state index in [4.69, 9.17) is 11.6 Å². The van der Waals surface area contributed by atoms with E-state index >= 15 is 0 Å². The molecule has 140 valence electrons. The highest BCUT2D eigenvalue weighted by molar-refractivity contribution is 7.92. The maximum absolute atomic E-state index is 13.5. The van der Waals surface area contributed by atoms with Crippen LogP contribution in [0.25, 0.3) is 0 Å². The highest BCUT2D eigenvalue weighted by atomic mass is 35.5. The Morgan fingerprint density at radius 2 is 1.81 bits per heavy atom. The molecule has 2 aromatic carbocycles. The summed E-state index contributed by atoms with van der Waals surface area (Å²) in [7, 11) is -3.94. The van der Waals surface area contributed by atoms with E-state index in [1.54, 1.807) is 25.1 Å². The van der Waals surface area contributed by atoms with Gasteiger partial charge in [0.25, 0.3) is 0 Å². The number of aryl methyl sites for hydroxylation is 1. The monoisotopic (exact) mass is 402 g/mol. The fraction of sp³-hybridized carbons (Fsp3) is 0.235. The Morgan fingerprint density at radius 1 is 1.15 bits per heavy atom. The number of nitrogens with one attached hydrogen (secondary N) is 1. The number of halogens is 3. The zero-order valence-electron chi connectivity index (χ0n) is 14.3. The molecule has 0 heterocycles. The van der Waals surface area contributed by atoms with Crippen LogP contribution < -0.4 is 9.62 Å². The molecule has 0 unspecified atom stereocenters. The highest BCUT2D eigenvalue weighted by Crippen LogP contribution is 2.25. The van der Waals surface area contributed by atoms with Gasteiger partial charge in [-0.1, -0.05) is 11.6 Å². The molecule has 0 spiro atoms. The Kier molecular flexibility index (Phi) is 5.87. The summed E-state index contributed by atoms with van der Waals surface area (Å²) in [6.45, 7) is 3.08. The third kappa shape index (κ3) is 4.50. The average Bonchev–Trinajstić information content (AvgIpc) is 2.52. The van der Waals surface area contributed by atoms with E-state index in [1.165, 1.54) is 6.92 Å². The van der Waals surface area contributed by atoms with Crippen LogP contribution in [0.3, 0.4) is 0 Å². The van der Waals surface area contributed by atoms with Gasteiger partial charge in [-0.3, -0.25) is 9.10 Å². The van der Waals surface area contributed by atoms with Crippen LogP contribution in [0, 0.1) is 18.6 Å². The molecular formula is C17H17ClF2N2O3S. The van der Waals surface area contributed by atoms with E-state index in [0.717, 1.165) is 28.8 Å². The second-order valence-electron chi connectivity index (χ2n) is 5.78. The van der Waals surface area contributed by atoms with Crippen LogP contribution in [0.5, 0.6) is 0 Å². The molecule has 2 aromatic rings. The fourth-order valence-electron chi connectivity index (χ4n) is 2.44. The number of nitrogens with zero attached hydrogens (tertiary/aromatic N) is 1. The third-order valence-corrected chi connectivity index (χ3v) is 5.17. The lowest BCUT2D eigenvalue weighted by atomic mass is 10.2. The van der Waals surface area contributed by atoms with Gasteiger partial charge in [0, 0.05) is 16.8 Å². The second-order valence-corrected chi connectivity index (χ2v) is 8.08. The lowest BCUT2D eigenvalue weighted by Gasteiger charge is -2.28. The summed E-state index contributed by atoms with van der Waals surface area (Å²) < 4.78 is 51.7. The lowest BCUT2D eigenvalue weighted by Crippen LogP contribution is -2.45. The molecule has 26 heavy (non-hydrogen) atoms. The lowest BCUT2D eigenvalue weighted by molar-refractivity contribution is -0.116. The van der Waals surface area contributed by atoms with Crippen molar-refractivity contribution in [3.8, 4) is 0 Å². The molecule has 1 atom stereocenters. The van der Waals surface area contributed by atoms with Crippen LogP contribution >= 0.6 is 11.6 Å². The van der Waals surface area contributed by atoms with E-state index in [2.05, 4.69) is 5.32 Å². The van der Waals surface area contributed by atoms with Crippen LogP contribution in [-0.2, 0) is 14.8 Å². The summed E-state index contributed by atoms with van der Waals surface area (Å²) in [6.07, 6.45) is 0.881. The molecule has 0 aliphatic heterocycles. The number of rotatable bonds is 5. The zero-order valence-corrected chi connectivity index (χ0v) is 15.8. The topological polar surface area (TPSA) is 66.5 Å². The molecule has 0 saturated heterocycles. The SMILES string of the molecule is Cc1cc(Cl)ccc1NC(=O)[C@@H](C)N(c1ccc(F)c(F)c1)S(C)(=O)=O. The van der Waals surface area contributed by atoms with Crippen molar-refractivity contribution in [2.75, 3.05) is 15.9 Å². The number of anilines is 2. The van der Waals surface area contributed by atoms with Gasteiger partial charge in [0.05, 0.1) is 11.9 Å². The number of carbonyl (C=O) groups is 1. The Hall–Kier alpha value is -2.19. The van der Waals surface area contributed by atoms with Crippen LogP contribution in [-0.4, -0.2) is 26.6 Å². The number of hydrogen-bond acceptors (Lipinski definition) is 3. The van der Waals surface area contributed by atoms with Crippen molar-refractivity contribution in [3.05, 3.63) is 58.6 Å². The van der Waals surface area contributed by atoms with E-state index in [-0.39, 0.29) is 5.69 Å². The van der Waals surface area contributed by atoms with Crippen molar-refractivity contribution in [1.29, 1.82) is 0 Å². The Balaban J connectivity index is 2.35. The molecule has 0 fully saturated rings. The first-order valence-corrected chi connectivity index (χ1v) is 9.75. The van der Waals surface area contributed by atoms with Crippen molar-refractivity contribution in [1.82, 2.24) is 0 Å². The van der Waals surface area contributed by atoms with Gasteiger partial charge in [-0.05, 0) is 49.7 Å². The number of benzene rings is 2. The number of sulfonamides is 1. The summed E-state index contributed by atoms with van der Waals surface area (Å²) in [5, 5.41) is 3.11. The number of amides is 1. The summed E-state index contributed by atoms with van der Waals surface area (Å²) >= 11 is 5.87.